The number of carboxylic acid groups (broad SMARTS) is 1. The summed E-state index contributed by atoms with van der Waals surface area (Å²) < 4.78 is 4.87. The van der Waals surface area contributed by atoms with Crippen LogP contribution in [-0.4, -0.2) is 23.7 Å². The Balaban J connectivity index is 3.39. The van der Waals surface area contributed by atoms with E-state index in [1.165, 1.54) is 128 Å². The number of carboxylic acids is 1. The molecular formula is C31H56O4. The van der Waals surface area contributed by atoms with Crippen molar-refractivity contribution < 1.29 is 19.4 Å². The van der Waals surface area contributed by atoms with E-state index in [9.17, 15) is 14.7 Å². The van der Waals surface area contributed by atoms with E-state index in [0.717, 1.165) is 12.8 Å². The third-order valence-electron chi connectivity index (χ3n) is 6.66. The zero-order chi connectivity index (χ0) is 25.8. The number of hydrogen-bond acceptors (Lipinski definition) is 3. The molecule has 0 saturated carbocycles. The lowest BCUT2D eigenvalue weighted by atomic mass is 10.0. The molecule has 0 aromatic carbocycles. The van der Waals surface area contributed by atoms with Gasteiger partial charge in [-0.1, -0.05) is 154 Å². The van der Waals surface area contributed by atoms with E-state index in [4.69, 9.17) is 4.74 Å². The van der Waals surface area contributed by atoms with Crippen LogP contribution in [0.2, 0.25) is 0 Å². The Morgan fingerprint density at radius 2 is 1.11 bits per heavy atom. The number of esters is 1. The topological polar surface area (TPSA) is 63.6 Å². The van der Waals surface area contributed by atoms with Gasteiger partial charge in [-0.15, -0.1) is 0 Å². The van der Waals surface area contributed by atoms with E-state index in [0.29, 0.717) is 0 Å². The molecule has 1 atom stereocenters. The van der Waals surface area contributed by atoms with Crippen LogP contribution in [0.25, 0.3) is 0 Å². The molecule has 4 heteroatoms. The minimum atomic E-state index is -0.986. The Morgan fingerprint density at radius 1 is 0.714 bits per heavy atom. The van der Waals surface area contributed by atoms with E-state index in [1.807, 2.05) is 6.08 Å². The van der Waals surface area contributed by atoms with Gasteiger partial charge in [-0.2, -0.15) is 0 Å². The van der Waals surface area contributed by atoms with Gasteiger partial charge in [0, 0.05) is 0 Å². The molecule has 1 unspecified atom stereocenters. The zero-order valence-electron chi connectivity index (χ0n) is 23.0. The number of aliphatic carboxylic acids is 1. The Morgan fingerprint density at radius 3 is 1.49 bits per heavy atom. The molecule has 0 bridgehead atoms. The van der Waals surface area contributed by atoms with E-state index in [1.54, 1.807) is 6.08 Å². The fourth-order valence-electron chi connectivity index (χ4n) is 4.41. The largest absolute Gasteiger partial charge is 0.481 e. The molecule has 0 saturated heterocycles. The third-order valence-corrected chi connectivity index (χ3v) is 6.66. The molecule has 0 aromatic rings. The predicted octanol–water partition coefficient (Wildman–Crippen LogP) is 9.57. The molecule has 1 N–H and O–H groups in total. The number of ether oxygens (including phenoxy) is 1. The van der Waals surface area contributed by atoms with Gasteiger partial charge in [0.05, 0.1) is 12.3 Å². The maximum atomic E-state index is 11.6. The molecule has 0 spiro atoms. The van der Waals surface area contributed by atoms with Crippen molar-refractivity contribution in [2.24, 2.45) is 5.92 Å². The molecule has 0 heterocycles. The summed E-state index contributed by atoms with van der Waals surface area (Å²) >= 11 is 0. The highest BCUT2D eigenvalue weighted by molar-refractivity contribution is 5.80. The van der Waals surface area contributed by atoms with Crippen molar-refractivity contribution in [3.8, 4) is 0 Å². The SMILES string of the molecule is C=CCOC(=O)CC(/C=C/CCCCCCCCCCCCCCCCCCCCCC)C(=O)O. The molecule has 0 amide bonds. The van der Waals surface area contributed by atoms with Gasteiger partial charge in [0.1, 0.15) is 6.61 Å². The maximum absolute atomic E-state index is 11.6. The van der Waals surface area contributed by atoms with Gasteiger partial charge in [-0.3, -0.25) is 9.59 Å². The fourth-order valence-corrected chi connectivity index (χ4v) is 4.41. The third kappa shape index (κ3) is 25.3. The lowest BCUT2D eigenvalue weighted by Gasteiger charge is -2.07. The Labute approximate surface area is 217 Å². The van der Waals surface area contributed by atoms with Crippen molar-refractivity contribution >= 4 is 11.9 Å². The van der Waals surface area contributed by atoms with Crippen LogP contribution >= 0.6 is 0 Å². The number of allylic oxidation sites excluding steroid dienone is 1. The highest BCUT2D eigenvalue weighted by atomic mass is 16.5. The molecule has 0 radical (unpaired) electrons. The maximum Gasteiger partial charge on any atom is 0.310 e. The first kappa shape index (κ1) is 33.4. The summed E-state index contributed by atoms with van der Waals surface area (Å²) in [5, 5.41) is 9.24. The molecule has 204 valence electrons. The van der Waals surface area contributed by atoms with Crippen LogP contribution in [0.15, 0.2) is 24.8 Å². The number of rotatable bonds is 27. The Hall–Kier alpha value is -1.58. The summed E-state index contributed by atoms with van der Waals surface area (Å²) in [7, 11) is 0. The van der Waals surface area contributed by atoms with Gasteiger partial charge in [-0.05, 0) is 12.8 Å². The number of unbranched alkanes of at least 4 members (excludes halogenated alkanes) is 20. The van der Waals surface area contributed by atoms with Gasteiger partial charge < -0.3 is 9.84 Å². The van der Waals surface area contributed by atoms with Crippen molar-refractivity contribution in [2.75, 3.05) is 6.61 Å². The van der Waals surface area contributed by atoms with Crippen LogP contribution in [0.3, 0.4) is 0 Å². The smallest absolute Gasteiger partial charge is 0.310 e. The second-order valence-corrected chi connectivity index (χ2v) is 10.1. The van der Waals surface area contributed by atoms with Crippen molar-refractivity contribution in [3.63, 3.8) is 0 Å². The van der Waals surface area contributed by atoms with Gasteiger partial charge >= 0.3 is 11.9 Å². The average Bonchev–Trinajstić information content (AvgIpc) is 2.84. The van der Waals surface area contributed by atoms with Gasteiger partial charge in [0.15, 0.2) is 0 Å². The summed E-state index contributed by atoms with van der Waals surface area (Å²) in [5.74, 6) is -2.29. The van der Waals surface area contributed by atoms with Crippen LogP contribution in [0.5, 0.6) is 0 Å². The van der Waals surface area contributed by atoms with E-state index in [2.05, 4.69) is 13.5 Å². The van der Waals surface area contributed by atoms with Crippen LogP contribution in [-0.2, 0) is 14.3 Å². The Bertz CT molecular complexity index is 526. The predicted molar refractivity (Wildman–Crippen MR) is 149 cm³/mol. The summed E-state index contributed by atoms with van der Waals surface area (Å²) in [6.45, 7) is 5.88. The van der Waals surface area contributed by atoms with E-state index in [-0.39, 0.29) is 13.0 Å². The lowest BCUT2D eigenvalue weighted by molar-refractivity contribution is -0.149. The molecule has 4 nitrogen and oxygen atoms in total. The first-order valence-electron chi connectivity index (χ1n) is 14.8. The monoisotopic (exact) mass is 492 g/mol. The molecule has 0 aliphatic rings. The highest BCUT2D eigenvalue weighted by Gasteiger charge is 2.18. The first-order chi connectivity index (χ1) is 17.1. The minimum Gasteiger partial charge on any atom is -0.481 e. The van der Waals surface area contributed by atoms with Crippen LogP contribution in [0.1, 0.15) is 148 Å². The van der Waals surface area contributed by atoms with Crippen molar-refractivity contribution in [1.29, 1.82) is 0 Å². The Kier molecular flexibility index (Phi) is 25.8. The van der Waals surface area contributed by atoms with Crippen molar-refractivity contribution in [3.05, 3.63) is 24.8 Å². The van der Waals surface area contributed by atoms with Crippen LogP contribution < -0.4 is 0 Å². The second kappa shape index (κ2) is 27.0. The molecule has 0 aliphatic heterocycles. The average molecular weight is 493 g/mol. The van der Waals surface area contributed by atoms with Crippen LogP contribution in [0, 0.1) is 5.92 Å². The number of carbonyl (C=O) groups excluding carboxylic acids is 1. The molecule has 0 aliphatic carbocycles. The van der Waals surface area contributed by atoms with E-state index < -0.39 is 17.9 Å². The molecule has 0 aromatic heterocycles. The fraction of sp³-hybridized carbons (Fsp3) is 0.806. The summed E-state index contributed by atoms with van der Waals surface area (Å²) in [4.78, 5) is 22.9. The standard InChI is InChI=1S/C31H56O4/c1-3-5-6-7-8-9-10-11-12-13-14-15-16-17-18-19-20-21-22-23-24-25-26-29(31(33)34)28-30(32)35-27-4-2/h4,25-26,29H,2-3,5-24,27-28H2,1H3,(H,33,34)/b26-25+. The lowest BCUT2D eigenvalue weighted by Crippen LogP contribution is -2.17. The highest BCUT2D eigenvalue weighted by Crippen LogP contribution is 2.15. The summed E-state index contributed by atoms with van der Waals surface area (Å²) in [6, 6.07) is 0. The molecular weight excluding hydrogens is 436 g/mol. The first-order valence-corrected chi connectivity index (χ1v) is 14.8. The number of hydrogen-bond donors (Lipinski definition) is 1. The zero-order valence-corrected chi connectivity index (χ0v) is 23.0. The van der Waals surface area contributed by atoms with E-state index >= 15 is 0 Å². The van der Waals surface area contributed by atoms with Gasteiger partial charge in [0.25, 0.3) is 0 Å². The molecule has 0 rings (SSSR count). The quantitative estimate of drug-likeness (QED) is 0.0704. The normalized spacial score (nSPS) is 12.1. The van der Waals surface area contributed by atoms with Crippen molar-refractivity contribution in [2.45, 2.75) is 148 Å². The summed E-state index contributed by atoms with van der Waals surface area (Å²) in [6.07, 6.45) is 33.1. The number of carbonyl (C=O) groups is 2. The summed E-state index contributed by atoms with van der Waals surface area (Å²) in [5.41, 5.74) is 0. The minimum absolute atomic E-state index is 0.119. The van der Waals surface area contributed by atoms with Gasteiger partial charge in [0.2, 0.25) is 0 Å². The second-order valence-electron chi connectivity index (χ2n) is 10.1. The molecule has 35 heavy (non-hydrogen) atoms. The van der Waals surface area contributed by atoms with Crippen LogP contribution in [0.4, 0.5) is 0 Å². The van der Waals surface area contributed by atoms with Crippen molar-refractivity contribution in [1.82, 2.24) is 0 Å². The molecule has 0 fully saturated rings. The van der Waals surface area contributed by atoms with Gasteiger partial charge in [-0.25, -0.2) is 0 Å².